The summed E-state index contributed by atoms with van der Waals surface area (Å²) in [6.07, 6.45) is 10.9. The molecule has 0 bridgehead atoms. The number of hydrogen-bond donors (Lipinski definition) is 1. The van der Waals surface area contributed by atoms with E-state index in [1.165, 1.54) is 19.3 Å². The Morgan fingerprint density at radius 2 is 1.86 bits per heavy atom. The summed E-state index contributed by atoms with van der Waals surface area (Å²) in [4.78, 5) is 27.3. The summed E-state index contributed by atoms with van der Waals surface area (Å²) in [6.45, 7) is 12.1. The van der Waals surface area contributed by atoms with Gasteiger partial charge in [0.05, 0.1) is 0 Å². The monoisotopic (exact) mass is 400 g/mol. The highest BCUT2D eigenvalue weighted by atomic mass is 16.2. The summed E-state index contributed by atoms with van der Waals surface area (Å²) in [7, 11) is 1.98. The van der Waals surface area contributed by atoms with Gasteiger partial charge in [0.25, 0.3) is 0 Å². The van der Waals surface area contributed by atoms with Crippen molar-refractivity contribution in [1.82, 2.24) is 10.2 Å². The lowest BCUT2D eigenvalue weighted by molar-refractivity contribution is -0.142. The molecule has 0 radical (unpaired) electrons. The maximum Gasteiger partial charge on any atom is 0.246 e. The Hall–Kier alpha value is -1.32. The van der Waals surface area contributed by atoms with Crippen molar-refractivity contribution in [2.45, 2.75) is 79.2 Å². The summed E-state index contributed by atoms with van der Waals surface area (Å²) in [6, 6.07) is 0.331. The van der Waals surface area contributed by atoms with Crippen molar-refractivity contribution in [1.29, 1.82) is 0 Å². The second-order valence-electron chi connectivity index (χ2n) is 12.1. The first-order valence-electron chi connectivity index (χ1n) is 11.7. The Kier molecular flexibility index (Phi) is 4.94. The van der Waals surface area contributed by atoms with E-state index in [2.05, 4.69) is 46.0 Å². The molecule has 0 saturated heterocycles. The molecular weight excluding hydrogens is 360 g/mol. The molecule has 1 aliphatic heterocycles. The van der Waals surface area contributed by atoms with E-state index in [4.69, 9.17) is 0 Å². The molecule has 3 fully saturated rings. The number of hydrogen-bond acceptors (Lipinski definition) is 2. The molecule has 3 saturated carbocycles. The third kappa shape index (κ3) is 3.25. The van der Waals surface area contributed by atoms with Crippen LogP contribution in [0, 0.1) is 39.9 Å². The highest BCUT2D eigenvalue weighted by molar-refractivity contribution is 5.89. The van der Waals surface area contributed by atoms with E-state index in [0.29, 0.717) is 23.8 Å². The molecule has 7 atom stereocenters. The first-order chi connectivity index (χ1) is 13.5. The van der Waals surface area contributed by atoms with Gasteiger partial charge in [-0.05, 0) is 73.2 Å². The van der Waals surface area contributed by atoms with Gasteiger partial charge in [-0.3, -0.25) is 9.59 Å². The van der Waals surface area contributed by atoms with Crippen molar-refractivity contribution < 1.29 is 9.59 Å². The molecule has 3 aliphatic carbocycles. The Balaban J connectivity index is 1.54. The molecule has 29 heavy (non-hydrogen) atoms. The van der Waals surface area contributed by atoms with Crippen LogP contribution in [0.15, 0.2) is 12.2 Å². The summed E-state index contributed by atoms with van der Waals surface area (Å²) in [5, 5.41) is 3.26. The van der Waals surface area contributed by atoms with Crippen molar-refractivity contribution in [3.05, 3.63) is 12.2 Å². The van der Waals surface area contributed by atoms with Gasteiger partial charge in [0.2, 0.25) is 11.8 Å². The molecule has 0 spiro atoms. The number of carbonyl (C=O) groups excluding carboxylic acids is 2. The number of nitrogens with zero attached hydrogens (tertiary/aromatic N) is 1. The fraction of sp³-hybridized carbons (Fsp3) is 0.840. The highest BCUT2D eigenvalue weighted by Crippen LogP contribution is 2.65. The SMILES string of the molecule is CN1C(=O)C=C[C@]2(C)[C@H]3CC[C@]4(C)[C@@H](C(=O)NCC(C)(C)C)CC[C@H]4[C@@H]3CC[C@@H]12. The third-order valence-electron chi connectivity index (χ3n) is 9.24. The zero-order chi connectivity index (χ0) is 21.2. The van der Waals surface area contributed by atoms with Crippen LogP contribution in [0.4, 0.5) is 0 Å². The van der Waals surface area contributed by atoms with Gasteiger partial charge in [-0.2, -0.15) is 0 Å². The largest absolute Gasteiger partial charge is 0.355 e. The molecule has 0 aromatic heterocycles. The topological polar surface area (TPSA) is 49.4 Å². The van der Waals surface area contributed by atoms with E-state index < -0.39 is 0 Å². The Labute approximate surface area is 176 Å². The van der Waals surface area contributed by atoms with Gasteiger partial charge in [0.1, 0.15) is 0 Å². The van der Waals surface area contributed by atoms with Crippen LogP contribution in [0.2, 0.25) is 0 Å². The van der Waals surface area contributed by atoms with Crippen LogP contribution >= 0.6 is 0 Å². The van der Waals surface area contributed by atoms with Gasteiger partial charge < -0.3 is 10.2 Å². The van der Waals surface area contributed by atoms with Crippen LogP contribution in [-0.4, -0.2) is 36.3 Å². The lowest BCUT2D eigenvalue weighted by atomic mass is 9.47. The van der Waals surface area contributed by atoms with Crippen LogP contribution in [0.1, 0.15) is 73.1 Å². The van der Waals surface area contributed by atoms with E-state index >= 15 is 0 Å². The van der Waals surface area contributed by atoms with Gasteiger partial charge in [0, 0.05) is 31.0 Å². The smallest absolute Gasteiger partial charge is 0.246 e. The van der Waals surface area contributed by atoms with Gasteiger partial charge in [-0.1, -0.05) is 40.7 Å². The van der Waals surface area contributed by atoms with Crippen LogP contribution in [0.5, 0.6) is 0 Å². The standard InChI is InChI=1S/C25H40N2O2/c1-23(2,3)15-26-22(29)19-9-8-17-16-7-10-20-25(5,14-12-21(28)27(20)6)18(16)11-13-24(17,19)4/h12,14,16-20H,7-11,13,15H2,1-6H3,(H,26,29)/t16-,17-,18-,19+,20+,24-,25+/m0/s1. The Morgan fingerprint density at radius 3 is 2.55 bits per heavy atom. The Bertz CT molecular complexity index is 723. The molecule has 1 N–H and O–H groups in total. The number of fused-ring (bicyclic) bond motifs is 5. The zero-order valence-corrected chi connectivity index (χ0v) is 19.3. The van der Waals surface area contributed by atoms with Gasteiger partial charge >= 0.3 is 0 Å². The second-order valence-corrected chi connectivity index (χ2v) is 12.1. The number of nitrogens with one attached hydrogen (secondary N) is 1. The summed E-state index contributed by atoms with van der Waals surface area (Å²) in [5.41, 5.74) is 0.335. The van der Waals surface area contributed by atoms with E-state index in [1.807, 2.05) is 18.0 Å². The number of amides is 2. The molecule has 1 heterocycles. The fourth-order valence-electron chi connectivity index (χ4n) is 7.64. The predicted molar refractivity (Wildman–Crippen MR) is 116 cm³/mol. The molecule has 2 amide bonds. The zero-order valence-electron chi connectivity index (χ0n) is 19.3. The minimum Gasteiger partial charge on any atom is -0.355 e. The second kappa shape index (κ2) is 6.85. The maximum absolute atomic E-state index is 13.1. The Morgan fingerprint density at radius 1 is 1.14 bits per heavy atom. The summed E-state index contributed by atoms with van der Waals surface area (Å²) in [5.74, 6) is 2.55. The minimum atomic E-state index is 0.0828. The number of rotatable bonds is 2. The predicted octanol–water partition coefficient (Wildman–Crippen LogP) is 4.40. The van der Waals surface area contributed by atoms with Gasteiger partial charge in [0.15, 0.2) is 0 Å². The maximum atomic E-state index is 13.1. The average Bonchev–Trinajstić information content (AvgIpc) is 3.00. The first kappa shape index (κ1) is 20.9. The van der Waals surface area contributed by atoms with Crippen molar-refractivity contribution in [3.8, 4) is 0 Å². The molecule has 0 aromatic rings. The summed E-state index contributed by atoms with van der Waals surface area (Å²) < 4.78 is 0. The highest BCUT2D eigenvalue weighted by Gasteiger charge is 2.61. The van der Waals surface area contributed by atoms with E-state index in [-0.39, 0.29) is 34.0 Å². The number of likely N-dealkylation sites (N-methyl/N-ethyl adjacent to an activating group) is 1. The molecule has 162 valence electrons. The quantitative estimate of drug-likeness (QED) is 0.747. The van der Waals surface area contributed by atoms with Crippen LogP contribution in [0.3, 0.4) is 0 Å². The van der Waals surface area contributed by atoms with Gasteiger partial charge in [-0.15, -0.1) is 0 Å². The van der Waals surface area contributed by atoms with Crippen LogP contribution in [-0.2, 0) is 9.59 Å². The molecule has 0 unspecified atom stereocenters. The molecule has 4 nitrogen and oxygen atoms in total. The molecular formula is C25H40N2O2. The third-order valence-corrected chi connectivity index (χ3v) is 9.24. The number of carbonyl (C=O) groups is 2. The summed E-state index contributed by atoms with van der Waals surface area (Å²) >= 11 is 0. The van der Waals surface area contributed by atoms with Crippen molar-refractivity contribution >= 4 is 11.8 Å². The molecule has 0 aromatic carbocycles. The molecule has 4 heteroatoms. The van der Waals surface area contributed by atoms with Gasteiger partial charge in [-0.25, -0.2) is 0 Å². The van der Waals surface area contributed by atoms with Crippen molar-refractivity contribution in [2.24, 2.45) is 39.9 Å². The molecule has 4 rings (SSSR count). The van der Waals surface area contributed by atoms with E-state index in [9.17, 15) is 9.59 Å². The first-order valence-corrected chi connectivity index (χ1v) is 11.7. The average molecular weight is 401 g/mol. The molecule has 4 aliphatic rings. The van der Waals surface area contributed by atoms with E-state index in [0.717, 1.165) is 25.8 Å². The van der Waals surface area contributed by atoms with Crippen molar-refractivity contribution in [2.75, 3.05) is 13.6 Å². The fourth-order valence-corrected chi connectivity index (χ4v) is 7.64. The minimum absolute atomic E-state index is 0.0828. The lowest BCUT2D eigenvalue weighted by Gasteiger charge is -2.60. The lowest BCUT2D eigenvalue weighted by Crippen LogP contribution is -2.60. The van der Waals surface area contributed by atoms with E-state index in [1.54, 1.807) is 0 Å². The van der Waals surface area contributed by atoms with Crippen LogP contribution in [0.25, 0.3) is 0 Å². The van der Waals surface area contributed by atoms with Crippen LogP contribution < -0.4 is 5.32 Å². The van der Waals surface area contributed by atoms with Crippen molar-refractivity contribution in [3.63, 3.8) is 0 Å². The normalized spacial score (nSPS) is 44.1.